The van der Waals surface area contributed by atoms with Crippen molar-refractivity contribution < 1.29 is 4.79 Å². The number of likely N-dealkylation sites (tertiary alicyclic amines) is 2. The van der Waals surface area contributed by atoms with Crippen LogP contribution in [0, 0.1) is 0 Å². The highest BCUT2D eigenvalue weighted by Gasteiger charge is 2.21. The number of imidazole rings is 1. The Balaban J connectivity index is 1.58. The van der Waals surface area contributed by atoms with E-state index >= 15 is 0 Å². The molecule has 2 aromatic rings. The molecule has 0 unspecified atom stereocenters. The third-order valence-electron chi connectivity index (χ3n) is 5.55. The van der Waals surface area contributed by atoms with Gasteiger partial charge in [-0.3, -0.25) is 9.69 Å². The Kier molecular flexibility index (Phi) is 5.02. The Bertz CT molecular complexity index is 726. The lowest BCUT2D eigenvalue weighted by molar-refractivity contribution is -0.132. The maximum atomic E-state index is 12.8. The molecule has 5 heteroatoms. The van der Waals surface area contributed by atoms with E-state index in [1.54, 1.807) is 0 Å². The summed E-state index contributed by atoms with van der Waals surface area (Å²) in [7, 11) is 0. The molecule has 1 aromatic heterocycles. The van der Waals surface area contributed by atoms with Gasteiger partial charge in [0.1, 0.15) is 12.4 Å². The molecule has 25 heavy (non-hydrogen) atoms. The monoisotopic (exact) mass is 340 g/mol. The number of hydrogen-bond acceptors (Lipinski definition) is 3. The molecule has 1 amide bonds. The van der Waals surface area contributed by atoms with Crippen LogP contribution in [-0.4, -0.2) is 51.4 Å². The van der Waals surface area contributed by atoms with Gasteiger partial charge in [0.25, 0.3) is 0 Å². The third-order valence-corrected chi connectivity index (χ3v) is 5.55. The zero-order chi connectivity index (χ0) is 17.1. The van der Waals surface area contributed by atoms with Crippen molar-refractivity contribution in [3.63, 3.8) is 0 Å². The highest BCUT2D eigenvalue weighted by atomic mass is 16.2. The number of benzene rings is 1. The van der Waals surface area contributed by atoms with Gasteiger partial charge in [-0.15, -0.1) is 0 Å². The topological polar surface area (TPSA) is 41.4 Å². The number of para-hydroxylation sites is 2. The van der Waals surface area contributed by atoms with Crippen molar-refractivity contribution >= 4 is 16.9 Å². The zero-order valence-electron chi connectivity index (χ0n) is 15.0. The highest BCUT2D eigenvalue weighted by molar-refractivity contribution is 5.81. The molecule has 4 rings (SSSR count). The van der Waals surface area contributed by atoms with E-state index < -0.39 is 0 Å². The fourth-order valence-corrected chi connectivity index (χ4v) is 4.12. The Morgan fingerprint density at radius 1 is 0.920 bits per heavy atom. The summed E-state index contributed by atoms with van der Waals surface area (Å²) in [6.07, 6.45) is 7.40. The molecule has 2 aliphatic rings. The lowest BCUT2D eigenvalue weighted by Crippen LogP contribution is -2.38. The van der Waals surface area contributed by atoms with E-state index in [0.717, 1.165) is 62.4 Å². The Morgan fingerprint density at radius 3 is 2.36 bits per heavy atom. The van der Waals surface area contributed by atoms with Crippen LogP contribution in [-0.2, 0) is 17.9 Å². The lowest BCUT2D eigenvalue weighted by atomic mass is 10.1. The molecular weight excluding hydrogens is 312 g/mol. The summed E-state index contributed by atoms with van der Waals surface area (Å²) < 4.78 is 2.15. The predicted molar refractivity (Wildman–Crippen MR) is 99.3 cm³/mol. The Morgan fingerprint density at radius 2 is 1.60 bits per heavy atom. The van der Waals surface area contributed by atoms with Gasteiger partial charge in [-0.05, 0) is 57.3 Å². The van der Waals surface area contributed by atoms with Gasteiger partial charge in [0.2, 0.25) is 5.91 Å². The van der Waals surface area contributed by atoms with Gasteiger partial charge in [-0.2, -0.15) is 0 Å². The van der Waals surface area contributed by atoms with E-state index in [4.69, 9.17) is 4.98 Å². The van der Waals surface area contributed by atoms with Crippen LogP contribution in [0.1, 0.15) is 44.3 Å². The maximum absolute atomic E-state index is 12.8. The average Bonchev–Trinajstić information content (AvgIpc) is 3.00. The summed E-state index contributed by atoms with van der Waals surface area (Å²) in [6, 6.07) is 8.20. The normalized spacial score (nSPS) is 19.4. The van der Waals surface area contributed by atoms with E-state index in [-0.39, 0.29) is 5.91 Å². The molecule has 0 bridgehead atoms. The summed E-state index contributed by atoms with van der Waals surface area (Å²) >= 11 is 0. The van der Waals surface area contributed by atoms with Crippen molar-refractivity contribution in [1.82, 2.24) is 19.4 Å². The summed E-state index contributed by atoms with van der Waals surface area (Å²) in [5.74, 6) is 1.27. The van der Waals surface area contributed by atoms with Crippen molar-refractivity contribution in [1.29, 1.82) is 0 Å². The van der Waals surface area contributed by atoms with Crippen LogP contribution >= 0.6 is 0 Å². The fraction of sp³-hybridized carbons (Fsp3) is 0.600. The molecular formula is C20H28N4O. The molecule has 0 spiro atoms. The number of amides is 1. The Labute approximate surface area is 149 Å². The predicted octanol–water partition coefficient (Wildman–Crippen LogP) is 3.03. The van der Waals surface area contributed by atoms with E-state index in [2.05, 4.69) is 21.6 Å². The average molecular weight is 340 g/mol. The number of aromatic nitrogens is 2. The van der Waals surface area contributed by atoms with E-state index in [0.29, 0.717) is 6.54 Å². The Hall–Kier alpha value is -1.88. The van der Waals surface area contributed by atoms with Crippen LogP contribution in [0.15, 0.2) is 24.3 Å². The van der Waals surface area contributed by atoms with Crippen LogP contribution < -0.4 is 0 Å². The summed E-state index contributed by atoms with van der Waals surface area (Å²) in [5.41, 5.74) is 2.08. The van der Waals surface area contributed by atoms with Crippen molar-refractivity contribution in [2.75, 3.05) is 26.2 Å². The maximum Gasteiger partial charge on any atom is 0.242 e. The summed E-state index contributed by atoms with van der Waals surface area (Å²) in [6.45, 7) is 5.37. The number of carbonyl (C=O) groups excluding carboxylic acids is 1. The van der Waals surface area contributed by atoms with E-state index in [1.165, 1.54) is 25.7 Å². The second-order valence-corrected chi connectivity index (χ2v) is 7.38. The van der Waals surface area contributed by atoms with E-state index in [9.17, 15) is 4.79 Å². The molecule has 0 aliphatic carbocycles. The molecule has 0 radical (unpaired) electrons. The lowest BCUT2D eigenvalue weighted by Gasteiger charge is -2.28. The van der Waals surface area contributed by atoms with Crippen LogP contribution in [0.25, 0.3) is 11.0 Å². The first-order valence-electron chi connectivity index (χ1n) is 9.75. The first-order valence-corrected chi connectivity index (χ1v) is 9.75. The van der Waals surface area contributed by atoms with Crippen molar-refractivity contribution in [2.45, 2.75) is 51.6 Å². The van der Waals surface area contributed by atoms with Gasteiger partial charge in [0.15, 0.2) is 0 Å². The highest BCUT2D eigenvalue weighted by Crippen LogP contribution is 2.20. The minimum atomic E-state index is 0.239. The van der Waals surface area contributed by atoms with Crippen LogP contribution in [0.5, 0.6) is 0 Å². The van der Waals surface area contributed by atoms with Gasteiger partial charge < -0.3 is 9.47 Å². The van der Waals surface area contributed by atoms with Crippen LogP contribution in [0.4, 0.5) is 0 Å². The first-order chi connectivity index (χ1) is 12.3. The largest absolute Gasteiger partial charge is 0.341 e. The minimum Gasteiger partial charge on any atom is -0.341 e. The standard InChI is InChI=1S/C20H28N4O/c25-20(23-13-7-2-8-14-23)16-24-18-10-4-3-9-17(18)21-19(24)15-22-11-5-1-6-12-22/h3-4,9-10H,1-2,5-8,11-16H2. The molecule has 134 valence electrons. The SMILES string of the molecule is O=C(Cn1c(CN2CCCCC2)nc2ccccc21)N1CCCCC1. The van der Waals surface area contributed by atoms with Gasteiger partial charge in [-0.1, -0.05) is 18.6 Å². The summed E-state index contributed by atoms with van der Waals surface area (Å²) in [5, 5.41) is 0. The number of fused-ring (bicyclic) bond motifs is 1. The number of rotatable bonds is 4. The van der Waals surface area contributed by atoms with Gasteiger partial charge >= 0.3 is 0 Å². The molecule has 0 saturated carbocycles. The number of carbonyl (C=O) groups is 1. The molecule has 1 aromatic carbocycles. The van der Waals surface area contributed by atoms with Crippen molar-refractivity contribution in [3.8, 4) is 0 Å². The van der Waals surface area contributed by atoms with E-state index in [1.807, 2.05) is 17.0 Å². The molecule has 2 fully saturated rings. The molecule has 3 heterocycles. The van der Waals surface area contributed by atoms with Crippen molar-refractivity contribution in [2.24, 2.45) is 0 Å². The molecule has 2 saturated heterocycles. The van der Waals surface area contributed by atoms with Gasteiger partial charge in [0.05, 0.1) is 17.6 Å². The minimum absolute atomic E-state index is 0.239. The molecule has 2 aliphatic heterocycles. The third kappa shape index (κ3) is 3.71. The number of hydrogen-bond donors (Lipinski definition) is 0. The molecule has 5 nitrogen and oxygen atoms in total. The number of nitrogens with zero attached hydrogens (tertiary/aromatic N) is 4. The second kappa shape index (κ2) is 7.56. The molecule has 0 N–H and O–H groups in total. The van der Waals surface area contributed by atoms with Crippen LogP contribution in [0.3, 0.4) is 0 Å². The smallest absolute Gasteiger partial charge is 0.242 e. The first kappa shape index (κ1) is 16.6. The zero-order valence-corrected chi connectivity index (χ0v) is 15.0. The van der Waals surface area contributed by atoms with Crippen molar-refractivity contribution in [3.05, 3.63) is 30.1 Å². The van der Waals surface area contributed by atoms with Crippen LogP contribution in [0.2, 0.25) is 0 Å². The summed E-state index contributed by atoms with van der Waals surface area (Å²) in [4.78, 5) is 22.2. The van der Waals surface area contributed by atoms with Gasteiger partial charge in [0, 0.05) is 13.1 Å². The number of piperidine rings is 2. The second-order valence-electron chi connectivity index (χ2n) is 7.38. The quantitative estimate of drug-likeness (QED) is 0.859. The van der Waals surface area contributed by atoms with Gasteiger partial charge in [-0.25, -0.2) is 4.98 Å². The fourth-order valence-electron chi connectivity index (χ4n) is 4.12. The molecule has 0 atom stereocenters.